The molecular formula is C21H34O5. The second kappa shape index (κ2) is 15.6. The predicted molar refractivity (Wildman–Crippen MR) is 104 cm³/mol. The Hall–Kier alpha value is -1.69. The van der Waals surface area contributed by atoms with Crippen molar-refractivity contribution in [3.05, 3.63) is 48.6 Å². The molecule has 0 rings (SSSR count). The number of carbonyl (C=O) groups is 1. The number of unbranched alkanes of at least 4 members (excludes halogenated alkanes) is 4. The zero-order valence-electron chi connectivity index (χ0n) is 15.8. The largest absolute Gasteiger partial charge is 0.481 e. The van der Waals surface area contributed by atoms with Crippen molar-refractivity contribution in [2.75, 3.05) is 0 Å². The third-order valence-electron chi connectivity index (χ3n) is 3.99. The van der Waals surface area contributed by atoms with Crippen LogP contribution in [0, 0.1) is 5.92 Å². The van der Waals surface area contributed by atoms with E-state index in [1.54, 1.807) is 0 Å². The highest BCUT2D eigenvalue weighted by Crippen LogP contribution is 2.23. The van der Waals surface area contributed by atoms with Crippen molar-refractivity contribution in [2.24, 2.45) is 5.92 Å². The van der Waals surface area contributed by atoms with Gasteiger partial charge < -0.3 is 20.4 Å². The van der Waals surface area contributed by atoms with E-state index in [9.17, 15) is 20.1 Å². The Morgan fingerprint density at radius 1 is 0.846 bits per heavy atom. The number of hydrogen-bond acceptors (Lipinski definition) is 4. The van der Waals surface area contributed by atoms with E-state index in [0.29, 0.717) is 6.42 Å². The Kier molecular flexibility index (Phi) is 14.5. The summed E-state index contributed by atoms with van der Waals surface area (Å²) in [6, 6.07) is 0. The van der Waals surface area contributed by atoms with E-state index >= 15 is 0 Å². The number of allylic oxidation sites excluding steroid dienone is 8. The Bertz CT molecular complexity index is 469. The van der Waals surface area contributed by atoms with Gasteiger partial charge in [0.05, 0.1) is 0 Å². The Morgan fingerprint density at radius 3 is 1.96 bits per heavy atom. The number of hydrogen-bond donors (Lipinski definition) is 4. The van der Waals surface area contributed by atoms with Crippen molar-refractivity contribution in [3.8, 4) is 0 Å². The molecule has 5 nitrogen and oxygen atoms in total. The van der Waals surface area contributed by atoms with Gasteiger partial charge in [-0.2, -0.15) is 0 Å². The predicted octanol–water partition coefficient (Wildman–Crippen LogP) is 4.07. The van der Waals surface area contributed by atoms with Crippen LogP contribution in [-0.2, 0) is 4.79 Å². The molecule has 0 amide bonds. The summed E-state index contributed by atoms with van der Waals surface area (Å²) in [6.07, 6.45) is 22.3. The molecule has 0 aliphatic carbocycles. The van der Waals surface area contributed by atoms with Gasteiger partial charge in [0.2, 0.25) is 0 Å². The number of carboxylic acid groups (broad SMARTS) is 1. The molecule has 0 aromatic heterocycles. The molecule has 4 N–H and O–H groups in total. The second-order valence-corrected chi connectivity index (χ2v) is 6.37. The first-order valence-electron chi connectivity index (χ1n) is 9.41. The van der Waals surface area contributed by atoms with Gasteiger partial charge in [-0.1, -0.05) is 74.8 Å². The minimum absolute atomic E-state index is 0.00995. The molecule has 1 unspecified atom stereocenters. The fourth-order valence-corrected chi connectivity index (χ4v) is 2.42. The van der Waals surface area contributed by atoms with Gasteiger partial charge in [-0.3, -0.25) is 4.79 Å². The van der Waals surface area contributed by atoms with Crippen LogP contribution in [0.4, 0.5) is 0 Å². The highest BCUT2D eigenvalue weighted by Gasteiger charge is 2.31. The average Bonchev–Trinajstić information content (AvgIpc) is 2.56. The van der Waals surface area contributed by atoms with Gasteiger partial charge in [0.1, 0.15) is 0 Å². The molecule has 0 spiro atoms. The van der Waals surface area contributed by atoms with Gasteiger partial charge in [0.25, 0.3) is 5.97 Å². The van der Waals surface area contributed by atoms with E-state index in [1.807, 2.05) is 42.5 Å². The Morgan fingerprint density at radius 2 is 1.42 bits per heavy atom. The maximum atomic E-state index is 10.6. The molecule has 0 saturated carbocycles. The van der Waals surface area contributed by atoms with Crippen LogP contribution in [0.1, 0.15) is 64.7 Å². The summed E-state index contributed by atoms with van der Waals surface area (Å²) in [7, 11) is 0. The van der Waals surface area contributed by atoms with E-state index in [0.717, 1.165) is 6.42 Å². The highest BCUT2D eigenvalue weighted by atomic mass is 16.7. The minimum Gasteiger partial charge on any atom is -0.481 e. The summed E-state index contributed by atoms with van der Waals surface area (Å²) >= 11 is 0. The lowest BCUT2D eigenvalue weighted by Crippen LogP contribution is -2.37. The number of carboxylic acids is 1. The number of aliphatic hydroxyl groups is 3. The van der Waals surface area contributed by atoms with Gasteiger partial charge in [-0.25, -0.2) is 0 Å². The molecule has 5 heteroatoms. The van der Waals surface area contributed by atoms with Gasteiger partial charge in [-0.15, -0.1) is 0 Å². The summed E-state index contributed by atoms with van der Waals surface area (Å²) in [5, 5.41) is 36.4. The van der Waals surface area contributed by atoms with Crippen LogP contribution in [0.2, 0.25) is 0 Å². The standard InChI is InChI=1S/C21H34O5/c1-2-3-4-5-6-7-8-9-10-11-12-13-14-15-16-19(21(24,25)26)17-18-20(22)23/h7-14,19,24-26H,2-6,15-18H2,1H3,(H,22,23). The molecule has 0 aliphatic rings. The van der Waals surface area contributed by atoms with E-state index in [4.69, 9.17) is 5.11 Å². The van der Waals surface area contributed by atoms with Gasteiger partial charge in [-0.05, 0) is 32.1 Å². The lowest BCUT2D eigenvalue weighted by Gasteiger charge is -2.25. The van der Waals surface area contributed by atoms with Crippen LogP contribution in [0.15, 0.2) is 48.6 Å². The van der Waals surface area contributed by atoms with Crippen LogP contribution in [0.3, 0.4) is 0 Å². The summed E-state index contributed by atoms with van der Waals surface area (Å²) in [5.41, 5.74) is 0. The summed E-state index contributed by atoms with van der Waals surface area (Å²) in [5.74, 6) is -4.76. The van der Waals surface area contributed by atoms with Crippen molar-refractivity contribution in [1.29, 1.82) is 0 Å². The third-order valence-corrected chi connectivity index (χ3v) is 3.99. The Balaban J connectivity index is 3.98. The first-order valence-corrected chi connectivity index (χ1v) is 9.41. The topological polar surface area (TPSA) is 98.0 Å². The molecule has 0 saturated heterocycles. The van der Waals surface area contributed by atoms with E-state index < -0.39 is 17.9 Å². The monoisotopic (exact) mass is 366 g/mol. The lowest BCUT2D eigenvalue weighted by molar-refractivity contribution is -0.343. The molecule has 0 aromatic rings. The van der Waals surface area contributed by atoms with Gasteiger partial charge in [0, 0.05) is 12.3 Å². The Labute approximate surface area is 157 Å². The van der Waals surface area contributed by atoms with E-state index in [1.165, 1.54) is 25.7 Å². The van der Waals surface area contributed by atoms with Crippen molar-refractivity contribution in [2.45, 2.75) is 70.7 Å². The van der Waals surface area contributed by atoms with Crippen LogP contribution in [-0.4, -0.2) is 32.4 Å². The maximum Gasteiger partial charge on any atom is 0.303 e. The SMILES string of the molecule is CCCCCCC=CC=CC=CC=CCCC(CCC(=O)O)C(O)(O)O. The molecule has 1 atom stereocenters. The van der Waals surface area contributed by atoms with Crippen molar-refractivity contribution < 1.29 is 25.2 Å². The number of aliphatic carboxylic acids is 1. The first kappa shape index (κ1) is 24.3. The van der Waals surface area contributed by atoms with Crippen molar-refractivity contribution in [1.82, 2.24) is 0 Å². The van der Waals surface area contributed by atoms with Crippen LogP contribution in [0.25, 0.3) is 0 Å². The first-order chi connectivity index (χ1) is 12.4. The second-order valence-electron chi connectivity index (χ2n) is 6.37. The van der Waals surface area contributed by atoms with E-state index in [-0.39, 0.29) is 19.3 Å². The lowest BCUT2D eigenvalue weighted by atomic mass is 9.95. The zero-order chi connectivity index (χ0) is 19.7. The van der Waals surface area contributed by atoms with Crippen molar-refractivity contribution in [3.63, 3.8) is 0 Å². The quantitative estimate of drug-likeness (QED) is 0.199. The van der Waals surface area contributed by atoms with Crippen molar-refractivity contribution >= 4 is 5.97 Å². The molecular weight excluding hydrogens is 332 g/mol. The molecule has 0 fully saturated rings. The maximum absolute atomic E-state index is 10.6. The average molecular weight is 366 g/mol. The summed E-state index contributed by atoms with van der Waals surface area (Å²) in [4.78, 5) is 10.6. The molecule has 0 heterocycles. The highest BCUT2D eigenvalue weighted by molar-refractivity contribution is 5.66. The summed E-state index contributed by atoms with van der Waals surface area (Å²) < 4.78 is 0. The van der Waals surface area contributed by atoms with Crippen LogP contribution >= 0.6 is 0 Å². The molecule has 0 radical (unpaired) electrons. The molecule has 0 aliphatic heterocycles. The third kappa shape index (κ3) is 15.8. The molecule has 26 heavy (non-hydrogen) atoms. The smallest absolute Gasteiger partial charge is 0.303 e. The minimum atomic E-state index is -2.84. The molecule has 148 valence electrons. The van der Waals surface area contributed by atoms with Crippen LogP contribution < -0.4 is 0 Å². The number of rotatable bonds is 15. The zero-order valence-corrected chi connectivity index (χ0v) is 15.8. The normalized spacial score (nSPS) is 14.3. The van der Waals surface area contributed by atoms with E-state index in [2.05, 4.69) is 13.0 Å². The molecule has 0 bridgehead atoms. The summed E-state index contributed by atoms with van der Waals surface area (Å²) in [6.45, 7) is 2.20. The van der Waals surface area contributed by atoms with Gasteiger partial charge >= 0.3 is 5.97 Å². The van der Waals surface area contributed by atoms with Gasteiger partial charge in [0.15, 0.2) is 0 Å². The fraction of sp³-hybridized carbons (Fsp3) is 0.571. The molecule has 0 aromatic carbocycles. The fourth-order valence-electron chi connectivity index (χ4n) is 2.42. The van der Waals surface area contributed by atoms with Crippen LogP contribution in [0.5, 0.6) is 0 Å².